The molecule has 0 heterocycles. The molecule has 2 rings (SSSR count). The molecule has 0 saturated carbocycles. The molecular formula is C13H11ClIN. The van der Waals surface area contributed by atoms with Crippen LogP contribution in [0.3, 0.4) is 0 Å². The highest BCUT2D eigenvalue weighted by atomic mass is 127. The van der Waals surface area contributed by atoms with E-state index in [-0.39, 0.29) is 6.04 Å². The monoisotopic (exact) mass is 343 g/mol. The topological polar surface area (TPSA) is 26.0 Å². The van der Waals surface area contributed by atoms with Gasteiger partial charge in [-0.2, -0.15) is 0 Å². The highest BCUT2D eigenvalue weighted by molar-refractivity contribution is 14.1. The molecule has 0 aliphatic heterocycles. The Labute approximate surface area is 114 Å². The summed E-state index contributed by atoms with van der Waals surface area (Å²) in [6, 6.07) is 15.8. The van der Waals surface area contributed by atoms with Crippen LogP contribution in [0.15, 0.2) is 48.5 Å². The van der Waals surface area contributed by atoms with Gasteiger partial charge in [0.05, 0.1) is 6.04 Å². The van der Waals surface area contributed by atoms with Crippen LogP contribution in [-0.2, 0) is 0 Å². The number of benzene rings is 2. The summed E-state index contributed by atoms with van der Waals surface area (Å²) in [7, 11) is 0. The van der Waals surface area contributed by atoms with Crippen LogP contribution in [0, 0.1) is 3.57 Å². The van der Waals surface area contributed by atoms with E-state index in [1.165, 1.54) is 3.57 Å². The van der Waals surface area contributed by atoms with Gasteiger partial charge in [0.15, 0.2) is 0 Å². The van der Waals surface area contributed by atoms with Crippen LogP contribution >= 0.6 is 34.2 Å². The predicted octanol–water partition coefficient (Wildman–Crippen LogP) is 3.99. The maximum absolute atomic E-state index is 6.17. The van der Waals surface area contributed by atoms with E-state index in [0.29, 0.717) is 0 Å². The number of hydrogen-bond acceptors (Lipinski definition) is 1. The minimum atomic E-state index is -0.115. The SMILES string of the molecule is NC(c1ccc(I)cc1)c1cccc(Cl)c1. The molecule has 16 heavy (non-hydrogen) atoms. The molecule has 0 fully saturated rings. The number of hydrogen-bond donors (Lipinski definition) is 1. The minimum Gasteiger partial charge on any atom is -0.320 e. The minimum absolute atomic E-state index is 0.115. The van der Waals surface area contributed by atoms with E-state index in [2.05, 4.69) is 34.7 Å². The lowest BCUT2D eigenvalue weighted by atomic mass is 10.00. The molecule has 1 unspecified atom stereocenters. The van der Waals surface area contributed by atoms with Crippen LogP contribution in [-0.4, -0.2) is 0 Å². The third-order valence-electron chi connectivity index (χ3n) is 2.44. The molecule has 0 spiro atoms. The molecule has 0 aliphatic rings. The van der Waals surface area contributed by atoms with E-state index < -0.39 is 0 Å². The summed E-state index contributed by atoms with van der Waals surface area (Å²) >= 11 is 8.22. The fourth-order valence-electron chi connectivity index (χ4n) is 1.56. The van der Waals surface area contributed by atoms with Crippen molar-refractivity contribution in [1.29, 1.82) is 0 Å². The van der Waals surface area contributed by atoms with Gasteiger partial charge in [0.1, 0.15) is 0 Å². The van der Waals surface area contributed by atoms with Crippen LogP contribution in [0.1, 0.15) is 17.2 Å². The Balaban J connectivity index is 2.31. The first-order valence-corrected chi connectivity index (χ1v) is 6.39. The van der Waals surface area contributed by atoms with E-state index in [0.717, 1.165) is 16.1 Å². The lowest BCUT2D eigenvalue weighted by Crippen LogP contribution is -2.11. The molecule has 0 bridgehead atoms. The van der Waals surface area contributed by atoms with Crippen molar-refractivity contribution in [1.82, 2.24) is 0 Å². The molecule has 1 atom stereocenters. The zero-order valence-electron chi connectivity index (χ0n) is 8.53. The molecule has 2 aromatic rings. The Morgan fingerprint density at radius 2 is 1.69 bits per heavy atom. The summed E-state index contributed by atoms with van der Waals surface area (Å²) < 4.78 is 1.21. The van der Waals surface area contributed by atoms with Gasteiger partial charge in [0.2, 0.25) is 0 Å². The Morgan fingerprint density at radius 3 is 2.31 bits per heavy atom. The van der Waals surface area contributed by atoms with E-state index in [4.69, 9.17) is 17.3 Å². The summed E-state index contributed by atoms with van der Waals surface area (Å²) in [6.07, 6.45) is 0. The van der Waals surface area contributed by atoms with Gasteiger partial charge < -0.3 is 5.73 Å². The first-order chi connectivity index (χ1) is 7.66. The Kier molecular flexibility index (Phi) is 3.84. The number of nitrogens with two attached hydrogens (primary N) is 1. The third kappa shape index (κ3) is 2.75. The fourth-order valence-corrected chi connectivity index (χ4v) is 2.12. The number of rotatable bonds is 2. The molecule has 0 aromatic heterocycles. The summed E-state index contributed by atoms with van der Waals surface area (Å²) in [6.45, 7) is 0. The average Bonchev–Trinajstić information content (AvgIpc) is 2.29. The Bertz CT molecular complexity index is 482. The smallest absolute Gasteiger partial charge is 0.0552 e. The lowest BCUT2D eigenvalue weighted by Gasteiger charge is -2.12. The molecule has 3 heteroatoms. The van der Waals surface area contributed by atoms with E-state index >= 15 is 0 Å². The van der Waals surface area contributed by atoms with Crippen molar-refractivity contribution in [2.45, 2.75) is 6.04 Å². The lowest BCUT2D eigenvalue weighted by molar-refractivity contribution is 0.871. The molecule has 0 radical (unpaired) electrons. The van der Waals surface area contributed by atoms with Crippen molar-refractivity contribution in [3.8, 4) is 0 Å². The fraction of sp³-hybridized carbons (Fsp3) is 0.0769. The quantitative estimate of drug-likeness (QED) is 0.820. The van der Waals surface area contributed by atoms with Gasteiger partial charge in [-0.3, -0.25) is 0 Å². The third-order valence-corrected chi connectivity index (χ3v) is 3.39. The van der Waals surface area contributed by atoms with Crippen molar-refractivity contribution >= 4 is 34.2 Å². The van der Waals surface area contributed by atoms with Gasteiger partial charge >= 0.3 is 0 Å². The first kappa shape index (κ1) is 11.9. The van der Waals surface area contributed by atoms with E-state index in [1.807, 2.05) is 36.4 Å². The van der Waals surface area contributed by atoms with Crippen LogP contribution in [0.4, 0.5) is 0 Å². The zero-order valence-corrected chi connectivity index (χ0v) is 11.4. The van der Waals surface area contributed by atoms with Crippen molar-refractivity contribution in [3.63, 3.8) is 0 Å². The predicted molar refractivity (Wildman–Crippen MR) is 76.6 cm³/mol. The average molecular weight is 344 g/mol. The summed E-state index contributed by atoms with van der Waals surface area (Å²) in [5.41, 5.74) is 8.31. The van der Waals surface area contributed by atoms with Gasteiger partial charge in [-0.15, -0.1) is 0 Å². The highest BCUT2D eigenvalue weighted by Gasteiger charge is 2.08. The van der Waals surface area contributed by atoms with E-state index in [1.54, 1.807) is 0 Å². The molecule has 82 valence electrons. The van der Waals surface area contributed by atoms with Gasteiger partial charge in [0.25, 0.3) is 0 Å². The standard InChI is InChI=1S/C13H11ClIN/c14-11-3-1-2-10(8-11)13(16)9-4-6-12(15)7-5-9/h1-8,13H,16H2. The van der Waals surface area contributed by atoms with Crippen LogP contribution in [0.25, 0.3) is 0 Å². The number of halogens is 2. The van der Waals surface area contributed by atoms with Gasteiger partial charge in [-0.25, -0.2) is 0 Å². The van der Waals surface area contributed by atoms with Crippen molar-refractivity contribution in [2.75, 3.05) is 0 Å². The first-order valence-electron chi connectivity index (χ1n) is 4.93. The van der Waals surface area contributed by atoms with Gasteiger partial charge in [0, 0.05) is 8.59 Å². The maximum Gasteiger partial charge on any atom is 0.0552 e. The molecule has 0 saturated heterocycles. The second-order valence-corrected chi connectivity index (χ2v) is 5.27. The van der Waals surface area contributed by atoms with Crippen LogP contribution < -0.4 is 5.73 Å². The second kappa shape index (κ2) is 5.17. The molecule has 2 N–H and O–H groups in total. The van der Waals surface area contributed by atoms with Crippen molar-refractivity contribution in [2.24, 2.45) is 5.73 Å². The van der Waals surface area contributed by atoms with Crippen molar-refractivity contribution in [3.05, 3.63) is 68.3 Å². The Morgan fingerprint density at radius 1 is 1.00 bits per heavy atom. The Hall–Kier alpha value is -0.580. The summed E-state index contributed by atoms with van der Waals surface area (Å²) in [5, 5.41) is 0.721. The van der Waals surface area contributed by atoms with Crippen molar-refractivity contribution < 1.29 is 0 Å². The molecular weight excluding hydrogens is 333 g/mol. The second-order valence-electron chi connectivity index (χ2n) is 3.58. The van der Waals surface area contributed by atoms with Gasteiger partial charge in [-0.05, 0) is 58.0 Å². The largest absolute Gasteiger partial charge is 0.320 e. The highest BCUT2D eigenvalue weighted by Crippen LogP contribution is 2.22. The molecule has 0 amide bonds. The summed E-state index contributed by atoms with van der Waals surface area (Å²) in [4.78, 5) is 0. The summed E-state index contributed by atoms with van der Waals surface area (Å²) in [5.74, 6) is 0. The van der Waals surface area contributed by atoms with Gasteiger partial charge in [-0.1, -0.05) is 35.9 Å². The van der Waals surface area contributed by atoms with E-state index in [9.17, 15) is 0 Å². The van der Waals surface area contributed by atoms with Crippen LogP contribution in [0.5, 0.6) is 0 Å². The molecule has 2 aromatic carbocycles. The normalized spacial score (nSPS) is 12.4. The zero-order chi connectivity index (χ0) is 11.5. The molecule has 0 aliphatic carbocycles. The molecule has 1 nitrogen and oxygen atoms in total. The maximum atomic E-state index is 6.17. The van der Waals surface area contributed by atoms with Crippen LogP contribution in [0.2, 0.25) is 5.02 Å².